The van der Waals surface area contributed by atoms with Gasteiger partial charge in [0.05, 0.1) is 6.10 Å². The molecular weight excluding hydrogens is 228 g/mol. The normalized spacial score (nSPS) is 48.1. The zero-order valence-corrected chi connectivity index (χ0v) is 11.2. The van der Waals surface area contributed by atoms with Gasteiger partial charge in [0.15, 0.2) is 0 Å². The van der Waals surface area contributed by atoms with Crippen LogP contribution in [0.3, 0.4) is 0 Å². The van der Waals surface area contributed by atoms with Crippen LogP contribution in [0.1, 0.15) is 39.5 Å². The van der Waals surface area contributed by atoms with Crippen molar-refractivity contribution in [3.05, 3.63) is 12.2 Å². The van der Waals surface area contributed by atoms with Crippen molar-refractivity contribution < 1.29 is 14.3 Å². The number of hydrogen-bond donors (Lipinski definition) is 0. The van der Waals surface area contributed by atoms with Gasteiger partial charge < -0.3 is 9.47 Å². The number of carbonyl (C=O) groups is 1. The number of carbonyl (C=O) groups excluding carboxylic acids is 1. The van der Waals surface area contributed by atoms with Gasteiger partial charge in [-0.05, 0) is 50.4 Å². The fourth-order valence-electron chi connectivity index (χ4n) is 4.06. The number of rotatable bonds is 0. The summed E-state index contributed by atoms with van der Waals surface area (Å²) in [5.41, 5.74) is 0.673. The fraction of sp³-hybridized carbons (Fsp3) is 0.800. The average Bonchev–Trinajstić information content (AvgIpc) is 2.49. The molecule has 0 bridgehead atoms. The van der Waals surface area contributed by atoms with E-state index in [-0.39, 0.29) is 24.3 Å². The first-order valence-corrected chi connectivity index (χ1v) is 7.13. The van der Waals surface area contributed by atoms with Crippen LogP contribution >= 0.6 is 0 Å². The summed E-state index contributed by atoms with van der Waals surface area (Å²) < 4.78 is 11.4. The molecule has 0 aromatic carbocycles. The molecule has 1 unspecified atom stereocenters. The summed E-state index contributed by atoms with van der Waals surface area (Å²) in [5.74, 6) is 1.69. The Kier molecular flexibility index (Phi) is 2.97. The molecule has 0 aromatic rings. The van der Waals surface area contributed by atoms with Gasteiger partial charge >= 0.3 is 5.97 Å². The van der Waals surface area contributed by atoms with E-state index in [1.54, 1.807) is 0 Å². The van der Waals surface area contributed by atoms with Gasteiger partial charge in [0.25, 0.3) is 0 Å². The van der Waals surface area contributed by atoms with Crippen molar-refractivity contribution in [2.75, 3.05) is 0 Å². The second kappa shape index (κ2) is 4.37. The van der Waals surface area contributed by atoms with Crippen LogP contribution in [0.15, 0.2) is 12.2 Å². The molecule has 2 aliphatic heterocycles. The fourth-order valence-corrected chi connectivity index (χ4v) is 4.06. The third-order valence-corrected chi connectivity index (χ3v) is 5.14. The highest BCUT2D eigenvalue weighted by atomic mass is 16.7. The lowest BCUT2D eigenvalue weighted by molar-refractivity contribution is -0.220. The minimum atomic E-state index is -0.335. The Morgan fingerprint density at radius 1 is 1.17 bits per heavy atom. The molecule has 0 N–H and O–H groups in total. The lowest BCUT2D eigenvalue weighted by Crippen LogP contribution is -2.48. The SMILES string of the molecule is C=C1C(=O)O[C@@H]2O[C@@H](C)CC[C@@H]3C2[C@H]1CC[C@H]3C. The van der Waals surface area contributed by atoms with Crippen molar-refractivity contribution >= 4 is 5.97 Å². The van der Waals surface area contributed by atoms with Crippen molar-refractivity contribution in [3.8, 4) is 0 Å². The summed E-state index contributed by atoms with van der Waals surface area (Å²) in [6.45, 7) is 8.36. The van der Waals surface area contributed by atoms with Crippen LogP contribution in [-0.2, 0) is 14.3 Å². The molecule has 1 saturated carbocycles. The van der Waals surface area contributed by atoms with Crippen LogP contribution in [0.4, 0.5) is 0 Å². The van der Waals surface area contributed by atoms with Gasteiger partial charge in [0, 0.05) is 11.5 Å². The highest BCUT2D eigenvalue weighted by Crippen LogP contribution is 2.50. The lowest BCUT2D eigenvalue weighted by Gasteiger charge is -2.46. The summed E-state index contributed by atoms with van der Waals surface area (Å²) in [7, 11) is 0. The quantitative estimate of drug-likeness (QED) is 0.490. The molecule has 0 radical (unpaired) electrons. The highest BCUT2D eigenvalue weighted by molar-refractivity contribution is 5.89. The van der Waals surface area contributed by atoms with Crippen LogP contribution in [0.2, 0.25) is 0 Å². The predicted octanol–water partition coefficient (Wildman–Crippen LogP) is 2.90. The Hall–Kier alpha value is -0.830. The van der Waals surface area contributed by atoms with Crippen molar-refractivity contribution in [2.24, 2.45) is 23.7 Å². The summed E-state index contributed by atoms with van der Waals surface area (Å²) in [4.78, 5) is 11.8. The molecule has 3 rings (SSSR count). The van der Waals surface area contributed by atoms with E-state index in [1.165, 1.54) is 12.8 Å². The Bertz CT molecular complexity index is 376. The number of ether oxygens (including phenoxy) is 2. The number of esters is 1. The molecule has 1 aliphatic carbocycles. The highest BCUT2D eigenvalue weighted by Gasteiger charge is 2.51. The van der Waals surface area contributed by atoms with E-state index in [1.807, 2.05) is 0 Å². The van der Waals surface area contributed by atoms with E-state index in [4.69, 9.17) is 9.47 Å². The first-order valence-electron chi connectivity index (χ1n) is 7.13. The monoisotopic (exact) mass is 250 g/mol. The van der Waals surface area contributed by atoms with Gasteiger partial charge in [-0.2, -0.15) is 0 Å². The van der Waals surface area contributed by atoms with E-state index in [9.17, 15) is 4.79 Å². The van der Waals surface area contributed by atoms with Crippen molar-refractivity contribution in [3.63, 3.8) is 0 Å². The van der Waals surface area contributed by atoms with E-state index >= 15 is 0 Å². The van der Waals surface area contributed by atoms with Gasteiger partial charge in [0.2, 0.25) is 6.29 Å². The molecule has 100 valence electrons. The minimum absolute atomic E-state index is 0.188. The molecule has 3 fully saturated rings. The van der Waals surface area contributed by atoms with Crippen LogP contribution in [0.25, 0.3) is 0 Å². The molecular formula is C15H22O3. The second-order valence-electron chi connectivity index (χ2n) is 6.23. The third-order valence-electron chi connectivity index (χ3n) is 5.14. The Labute approximate surface area is 109 Å². The van der Waals surface area contributed by atoms with Crippen molar-refractivity contribution in [2.45, 2.75) is 51.9 Å². The molecule has 2 saturated heterocycles. The van der Waals surface area contributed by atoms with Crippen LogP contribution in [0, 0.1) is 23.7 Å². The van der Waals surface area contributed by atoms with Gasteiger partial charge in [-0.3, -0.25) is 0 Å². The van der Waals surface area contributed by atoms with Crippen LogP contribution in [0.5, 0.6) is 0 Å². The summed E-state index contributed by atoms with van der Waals surface area (Å²) >= 11 is 0. The van der Waals surface area contributed by atoms with Gasteiger partial charge in [-0.1, -0.05) is 13.5 Å². The third kappa shape index (κ3) is 1.80. The summed E-state index contributed by atoms with van der Waals surface area (Å²) in [5, 5.41) is 0. The first-order chi connectivity index (χ1) is 8.58. The molecule has 3 aliphatic rings. The lowest BCUT2D eigenvalue weighted by atomic mass is 9.63. The maximum absolute atomic E-state index is 11.8. The molecule has 0 spiro atoms. The van der Waals surface area contributed by atoms with Crippen molar-refractivity contribution in [1.29, 1.82) is 0 Å². The van der Waals surface area contributed by atoms with E-state index in [0.29, 0.717) is 23.3 Å². The van der Waals surface area contributed by atoms with E-state index in [2.05, 4.69) is 20.4 Å². The molecule has 2 heterocycles. The molecule has 3 nitrogen and oxygen atoms in total. The first kappa shape index (κ1) is 12.2. The zero-order valence-electron chi connectivity index (χ0n) is 11.2. The second-order valence-corrected chi connectivity index (χ2v) is 6.23. The maximum atomic E-state index is 11.8. The Morgan fingerprint density at radius 3 is 2.72 bits per heavy atom. The number of hydrogen-bond acceptors (Lipinski definition) is 3. The largest absolute Gasteiger partial charge is 0.432 e. The van der Waals surface area contributed by atoms with E-state index in [0.717, 1.165) is 12.8 Å². The van der Waals surface area contributed by atoms with Gasteiger partial charge in [-0.25, -0.2) is 4.79 Å². The smallest absolute Gasteiger partial charge is 0.336 e. The predicted molar refractivity (Wildman–Crippen MR) is 67.7 cm³/mol. The molecule has 6 atom stereocenters. The Morgan fingerprint density at radius 2 is 1.94 bits per heavy atom. The molecule has 0 aromatic heterocycles. The average molecular weight is 250 g/mol. The topological polar surface area (TPSA) is 35.5 Å². The maximum Gasteiger partial charge on any atom is 0.336 e. The molecule has 18 heavy (non-hydrogen) atoms. The van der Waals surface area contributed by atoms with Crippen LogP contribution < -0.4 is 0 Å². The molecule has 3 heteroatoms. The van der Waals surface area contributed by atoms with Gasteiger partial charge in [0.1, 0.15) is 0 Å². The zero-order chi connectivity index (χ0) is 12.9. The summed E-state index contributed by atoms with van der Waals surface area (Å²) in [6, 6.07) is 0. The van der Waals surface area contributed by atoms with Gasteiger partial charge in [-0.15, -0.1) is 0 Å². The standard InChI is InChI=1S/C15H22O3/c1-8-4-6-12-10(3)14(16)18-15-13(12)11(8)7-5-9(2)17-15/h8-9,11-13,15H,3-7H2,1-2H3/t8-,9+,11+,12+,13?,15+/m1/s1. The summed E-state index contributed by atoms with van der Waals surface area (Å²) in [6.07, 6.45) is 4.36. The van der Waals surface area contributed by atoms with E-state index < -0.39 is 0 Å². The van der Waals surface area contributed by atoms with Crippen LogP contribution in [-0.4, -0.2) is 18.4 Å². The molecule has 0 amide bonds. The van der Waals surface area contributed by atoms with Crippen molar-refractivity contribution in [1.82, 2.24) is 0 Å². The Balaban J connectivity index is 1.95. The minimum Gasteiger partial charge on any atom is -0.432 e.